The number of carboxylic acids is 1. The maximum atomic E-state index is 11.3. The first-order valence-corrected chi connectivity index (χ1v) is 7.47. The number of unbranched alkanes of at least 4 members (excludes halogenated alkanes) is 1. The van der Waals surface area contributed by atoms with Crippen molar-refractivity contribution in [1.29, 1.82) is 0 Å². The molecule has 0 bridgehead atoms. The molecule has 2 N–H and O–H groups in total. The van der Waals surface area contributed by atoms with E-state index in [4.69, 9.17) is 0 Å². The Morgan fingerprint density at radius 3 is 2.57 bits per heavy atom. The minimum Gasteiger partial charge on any atom is -0.478 e. The van der Waals surface area contributed by atoms with Crippen LogP contribution < -0.4 is 0 Å². The molecule has 0 aliphatic heterocycles. The number of carbonyl (C=O) groups is 1. The fourth-order valence-electron chi connectivity index (χ4n) is 2.99. The number of hydrogen-bond acceptors (Lipinski definition) is 2. The Labute approximate surface area is 125 Å². The molecule has 0 amide bonds. The van der Waals surface area contributed by atoms with Crippen LogP contribution in [-0.4, -0.2) is 27.4 Å². The second-order valence-electron chi connectivity index (χ2n) is 5.53. The molecule has 2 aromatic rings. The number of nitrogens with zero attached hydrogens (tertiary/aromatic N) is 1. The summed E-state index contributed by atoms with van der Waals surface area (Å²) in [7, 11) is 0. The lowest BCUT2D eigenvalue weighted by atomic mass is 10.0. The van der Waals surface area contributed by atoms with Crippen molar-refractivity contribution in [2.24, 2.45) is 0 Å². The topological polar surface area (TPSA) is 62.5 Å². The first-order chi connectivity index (χ1) is 10.0. The molecule has 0 spiro atoms. The average molecular weight is 289 g/mol. The van der Waals surface area contributed by atoms with Gasteiger partial charge >= 0.3 is 5.97 Å². The zero-order valence-corrected chi connectivity index (χ0v) is 12.9. The zero-order chi connectivity index (χ0) is 15.6. The molecular formula is C17H23NO3. The third-order valence-electron chi connectivity index (χ3n) is 4.13. The number of rotatable bonds is 6. The van der Waals surface area contributed by atoms with Gasteiger partial charge in [-0.2, -0.15) is 0 Å². The molecule has 1 aromatic carbocycles. The molecule has 0 atom stereocenters. The number of benzene rings is 1. The molecule has 4 heteroatoms. The maximum Gasteiger partial charge on any atom is 0.336 e. The lowest BCUT2D eigenvalue weighted by Gasteiger charge is -2.07. The normalized spacial score (nSPS) is 11.2. The third kappa shape index (κ3) is 2.81. The van der Waals surface area contributed by atoms with E-state index in [1.165, 1.54) is 5.56 Å². The van der Waals surface area contributed by atoms with Crippen molar-refractivity contribution in [2.45, 2.75) is 46.6 Å². The molecule has 0 aliphatic rings. The number of aliphatic hydroxyl groups excluding tert-OH is 1. The lowest BCUT2D eigenvalue weighted by molar-refractivity contribution is 0.0696. The van der Waals surface area contributed by atoms with Crippen molar-refractivity contribution in [2.75, 3.05) is 6.61 Å². The van der Waals surface area contributed by atoms with E-state index in [-0.39, 0.29) is 6.61 Å². The van der Waals surface area contributed by atoms with Gasteiger partial charge < -0.3 is 14.8 Å². The van der Waals surface area contributed by atoms with E-state index in [9.17, 15) is 15.0 Å². The molecule has 0 unspecified atom stereocenters. The number of hydrogen-bond donors (Lipinski definition) is 2. The summed E-state index contributed by atoms with van der Waals surface area (Å²) in [4.78, 5) is 11.3. The Morgan fingerprint density at radius 1 is 1.29 bits per heavy atom. The first kappa shape index (κ1) is 15.6. The Morgan fingerprint density at radius 2 is 2.00 bits per heavy atom. The second-order valence-corrected chi connectivity index (χ2v) is 5.53. The Bertz CT molecular complexity index is 670. The predicted octanol–water partition coefficient (Wildman–Crippen LogP) is 3.29. The van der Waals surface area contributed by atoms with E-state index in [1.807, 2.05) is 17.6 Å². The summed E-state index contributed by atoms with van der Waals surface area (Å²) in [6.07, 6.45) is 3.22. The van der Waals surface area contributed by atoms with Gasteiger partial charge in [0.1, 0.15) is 0 Å². The van der Waals surface area contributed by atoms with Gasteiger partial charge in [0.15, 0.2) is 0 Å². The quantitative estimate of drug-likeness (QED) is 0.857. The minimum absolute atomic E-state index is 0.0497. The van der Waals surface area contributed by atoms with Crippen LogP contribution in [0, 0.1) is 13.8 Å². The second kappa shape index (κ2) is 6.31. The number of carboxylic acid groups (broad SMARTS) is 1. The Balaban J connectivity index is 2.71. The molecule has 0 fully saturated rings. The Hall–Kier alpha value is -1.81. The predicted molar refractivity (Wildman–Crippen MR) is 84.1 cm³/mol. The Kier molecular flexibility index (Phi) is 4.68. The van der Waals surface area contributed by atoms with Crippen molar-refractivity contribution in [3.8, 4) is 0 Å². The monoisotopic (exact) mass is 289 g/mol. The molecule has 2 rings (SSSR count). The molecule has 114 valence electrons. The molecule has 4 nitrogen and oxygen atoms in total. The smallest absolute Gasteiger partial charge is 0.336 e. The van der Waals surface area contributed by atoms with Crippen LogP contribution in [0.4, 0.5) is 0 Å². The van der Waals surface area contributed by atoms with Crippen molar-refractivity contribution in [3.63, 3.8) is 0 Å². The van der Waals surface area contributed by atoms with Gasteiger partial charge in [-0.15, -0.1) is 0 Å². The largest absolute Gasteiger partial charge is 0.478 e. The standard InChI is InChI=1S/C17H23NO3/c1-4-5-6-13-12(3)18(7-8-19)16-10-14(17(20)21)11(2)9-15(13)16/h9-10,19H,4-8H2,1-3H3,(H,20,21). The van der Waals surface area contributed by atoms with Crippen LogP contribution in [0.1, 0.15) is 46.9 Å². The highest BCUT2D eigenvalue weighted by molar-refractivity contribution is 5.96. The summed E-state index contributed by atoms with van der Waals surface area (Å²) in [6, 6.07) is 3.72. The number of aromatic carboxylic acids is 1. The van der Waals surface area contributed by atoms with E-state index in [2.05, 4.69) is 13.8 Å². The van der Waals surface area contributed by atoms with Crippen LogP contribution >= 0.6 is 0 Å². The highest BCUT2D eigenvalue weighted by atomic mass is 16.4. The van der Waals surface area contributed by atoms with Crippen LogP contribution in [0.5, 0.6) is 0 Å². The molecule has 1 heterocycles. The summed E-state index contributed by atoms with van der Waals surface area (Å²) in [5.41, 5.74) is 4.44. The fraction of sp³-hybridized carbons (Fsp3) is 0.471. The van der Waals surface area contributed by atoms with Gasteiger partial charge in [0.2, 0.25) is 0 Å². The summed E-state index contributed by atoms with van der Waals surface area (Å²) >= 11 is 0. The van der Waals surface area contributed by atoms with E-state index < -0.39 is 5.97 Å². The molecule has 21 heavy (non-hydrogen) atoms. The molecule has 0 radical (unpaired) electrons. The van der Waals surface area contributed by atoms with Crippen LogP contribution in [0.15, 0.2) is 12.1 Å². The average Bonchev–Trinajstić information content (AvgIpc) is 2.68. The summed E-state index contributed by atoms with van der Waals surface area (Å²) in [5, 5.41) is 19.7. The van der Waals surface area contributed by atoms with Crippen molar-refractivity contribution in [1.82, 2.24) is 4.57 Å². The zero-order valence-electron chi connectivity index (χ0n) is 12.9. The number of aryl methyl sites for hydroxylation is 2. The summed E-state index contributed by atoms with van der Waals surface area (Å²) in [6.45, 7) is 6.60. The van der Waals surface area contributed by atoms with Crippen molar-refractivity contribution >= 4 is 16.9 Å². The van der Waals surface area contributed by atoms with Gasteiger partial charge in [-0.3, -0.25) is 0 Å². The minimum atomic E-state index is -0.904. The third-order valence-corrected chi connectivity index (χ3v) is 4.13. The van der Waals surface area contributed by atoms with E-state index in [0.29, 0.717) is 12.1 Å². The first-order valence-electron chi connectivity index (χ1n) is 7.47. The van der Waals surface area contributed by atoms with E-state index >= 15 is 0 Å². The van der Waals surface area contributed by atoms with Crippen molar-refractivity contribution in [3.05, 3.63) is 34.5 Å². The molecule has 1 aromatic heterocycles. The molecular weight excluding hydrogens is 266 g/mol. The molecule has 0 aliphatic carbocycles. The number of fused-ring (bicyclic) bond motifs is 1. The van der Waals surface area contributed by atoms with E-state index in [1.54, 1.807) is 6.07 Å². The van der Waals surface area contributed by atoms with Crippen molar-refractivity contribution < 1.29 is 15.0 Å². The fourth-order valence-corrected chi connectivity index (χ4v) is 2.99. The highest BCUT2D eigenvalue weighted by Crippen LogP contribution is 2.30. The molecule has 0 saturated heterocycles. The SMILES string of the molecule is CCCCc1c(C)n(CCO)c2cc(C(=O)O)c(C)cc12. The van der Waals surface area contributed by atoms with Gasteiger partial charge in [0.05, 0.1) is 12.2 Å². The summed E-state index contributed by atoms with van der Waals surface area (Å²) in [5.74, 6) is -0.904. The van der Waals surface area contributed by atoms with E-state index in [0.717, 1.165) is 41.4 Å². The highest BCUT2D eigenvalue weighted by Gasteiger charge is 2.17. The van der Waals surface area contributed by atoms with Gasteiger partial charge in [0.25, 0.3) is 0 Å². The maximum absolute atomic E-state index is 11.3. The van der Waals surface area contributed by atoms with Crippen LogP contribution in [0.2, 0.25) is 0 Å². The lowest BCUT2D eigenvalue weighted by Crippen LogP contribution is -2.05. The van der Waals surface area contributed by atoms with Crippen LogP contribution in [0.25, 0.3) is 10.9 Å². The van der Waals surface area contributed by atoms with Crippen LogP contribution in [0.3, 0.4) is 0 Å². The molecule has 0 saturated carbocycles. The number of aliphatic hydroxyl groups is 1. The van der Waals surface area contributed by atoms with Crippen LogP contribution in [-0.2, 0) is 13.0 Å². The van der Waals surface area contributed by atoms with Gasteiger partial charge in [-0.1, -0.05) is 13.3 Å². The summed E-state index contributed by atoms with van der Waals surface area (Å²) < 4.78 is 2.03. The van der Waals surface area contributed by atoms with Gasteiger partial charge in [-0.25, -0.2) is 4.79 Å². The van der Waals surface area contributed by atoms with Gasteiger partial charge in [0, 0.05) is 23.1 Å². The van der Waals surface area contributed by atoms with Gasteiger partial charge in [-0.05, 0) is 49.9 Å². The number of aromatic nitrogens is 1.